The lowest BCUT2D eigenvalue weighted by molar-refractivity contribution is -0.533. The van der Waals surface area contributed by atoms with E-state index >= 15 is 0 Å². The first-order chi connectivity index (χ1) is 9.87. The van der Waals surface area contributed by atoms with Crippen LogP contribution in [0.4, 0.5) is 4.79 Å². The molecule has 2 N–H and O–H groups in total. The van der Waals surface area contributed by atoms with Crippen LogP contribution in [-0.2, 0) is 27.2 Å². The van der Waals surface area contributed by atoms with Crippen molar-refractivity contribution in [1.82, 2.24) is 10.0 Å². The van der Waals surface area contributed by atoms with Gasteiger partial charge in [0.05, 0.1) is 4.90 Å². The molecule has 2 rings (SSSR count). The van der Waals surface area contributed by atoms with Crippen molar-refractivity contribution in [3.05, 3.63) is 29.8 Å². The largest absolute Gasteiger partial charge is 0.345 e. The van der Waals surface area contributed by atoms with E-state index in [0.717, 1.165) is 5.56 Å². The van der Waals surface area contributed by atoms with Crippen LogP contribution in [0, 0.1) is 6.92 Å². The van der Waals surface area contributed by atoms with Gasteiger partial charge < -0.3 is 10.1 Å². The highest BCUT2D eigenvalue weighted by Crippen LogP contribution is 2.09. The molecule has 1 unspecified atom stereocenters. The fraction of sp³-hybridized carbons (Fsp3) is 0.417. The first-order valence-corrected chi connectivity index (χ1v) is 8.15. The van der Waals surface area contributed by atoms with E-state index in [4.69, 9.17) is 17.2 Å². The lowest BCUT2D eigenvalue weighted by atomic mass is 10.2. The summed E-state index contributed by atoms with van der Waals surface area (Å²) in [5.41, 5.74) is 0.930. The Morgan fingerprint density at radius 2 is 2.05 bits per heavy atom. The summed E-state index contributed by atoms with van der Waals surface area (Å²) in [5, 5.41) is 2.43. The average Bonchev–Trinajstić information content (AvgIpc) is 2.38. The Balaban J connectivity index is 1.98. The molecule has 9 heteroatoms. The van der Waals surface area contributed by atoms with Crippen LogP contribution in [0.3, 0.4) is 0 Å². The Morgan fingerprint density at radius 3 is 2.67 bits per heavy atom. The highest BCUT2D eigenvalue weighted by Gasteiger charge is 2.26. The van der Waals surface area contributed by atoms with E-state index in [-0.39, 0.29) is 4.90 Å². The Labute approximate surface area is 128 Å². The number of carbonyl (C=O) groups excluding carboxylic acids is 1. The maximum Gasteiger partial charge on any atom is 0.330 e. The quantitative estimate of drug-likeness (QED) is 0.767. The van der Waals surface area contributed by atoms with E-state index in [9.17, 15) is 13.2 Å². The highest BCUT2D eigenvalue weighted by molar-refractivity contribution is 7.90. The molecule has 1 aliphatic rings. The summed E-state index contributed by atoms with van der Waals surface area (Å²) < 4.78 is 32.8. The minimum Gasteiger partial charge on any atom is -0.345 e. The molecule has 1 saturated heterocycles. The Kier molecular flexibility index (Phi) is 4.86. The van der Waals surface area contributed by atoms with Gasteiger partial charge in [0.15, 0.2) is 12.8 Å². The molecule has 0 aliphatic carbocycles. The number of nitrogens with one attached hydrogen (secondary N) is 2. The molecular formula is C12H16N3O4S2+. The Hall–Kier alpha value is -1.58. The second kappa shape index (κ2) is 6.46. The van der Waals surface area contributed by atoms with Crippen molar-refractivity contribution in [3.8, 4) is 0 Å². The lowest BCUT2D eigenvalue weighted by Crippen LogP contribution is -2.51. The van der Waals surface area contributed by atoms with Gasteiger partial charge in [0.2, 0.25) is 6.54 Å². The molecule has 1 atom stereocenters. The van der Waals surface area contributed by atoms with E-state index in [2.05, 4.69) is 5.32 Å². The predicted molar refractivity (Wildman–Crippen MR) is 77.1 cm³/mol. The fourth-order valence-electron chi connectivity index (χ4n) is 1.79. The lowest BCUT2D eigenvalue weighted by Gasteiger charge is -2.20. The van der Waals surface area contributed by atoms with Crippen LogP contribution in [0.2, 0.25) is 0 Å². The number of sulfonamides is 1. The summed E-state index contributed by atoms with van der Waals surface area (Å²) in [5.74, 6) is 0. The maximum atomic E-state index is 12.0. The number of amides is 2. The summed E-state index contributed by atoms with van der Waals surface area (Å²) in [6.45, 7) is 3.15. The fourth-order valence-corrected chi connectivity index (χ4v) is 2.91. The molecule has 0 radical (unpaired) electrons. The standard InChI is InChI=1S/C12H15N3O4S2/c1-9-2-4-10(5-3-9)21(17,18)14-12(16)13-11-8-15(20)6-7-19-11/h2-5,11H,6-8H2,1H3,(H-,13,14,16)/p+1. The smallest absolute Gasteiger partial charge is 0.330 e. The van der Waals surface area contributed by atoms with Crippen molar-refractivity contribution >= 4 is 28.5 Å². The van der Waals surface area contributed by atoms with Gasteiger partial charge >= 0.3 is 6.03 Å². The van der Waals surface area contributed by atoms with Crippen molar-refractivity contribution in [3.63, 3.8) is 0 Å². The molecule has 114 valence electrons. The van der Waals surface area contributed by atoms with Crippen LogP contribution in [-0.4, -0.2) is 44.3 Å². The van der Waals surface area contributed by atoms with Gasteiger partial charge in [0.25, 0.3) is 22.4 Å². The van der Waals surface area contributed by atoms with Gasteiger partial charge in [-0.25, -0.2) is 17.9 Å². The number of aryl methyl sites for hydroxylation is 1. The first kappa shape index (κ1) is 15.8. The van der Waals surface area contributed by atoms with Gasteiger partial charge in [-0.1, -0.05) is 17.7 Å². The maximum absolute atomic E-state index is 12.0. The molecule has 7 nitrogen and oxygen atoms in total. The van der Waals surface area contributed by atoms with Crippen LogP contribution in [0.5, 0.6) is 0 Å². The van der Waals surface area contributed by atoms with E-state index in [1.807, 2.05) is 11.6 Å². The zero-order valence-electron chi connectivity index (χ0n) is 11.4. The zero-order chi connectivity index (χ0) is 15.5. The van der Waals surface area contributed by atoms with Crippen molar-refractivity contribution in [2.24, 2.45) is 0 Å². The molecule has 1 aromatic carbocycles. The second-order valence-corrected chi connectivity index (χ2v) is 6.84. The average molecular weight is 330 g/mol. The summed E-state index contributed by atoms with van der Waals surface area (Å²) in [6.07, 6.45) is -0.621. The topological polar surface area (TPSA) is 87.5 Å². The number of urea groups is 1. The van der Waals surface area contributed by atoms with Crippen LogP contribution >= 0.6 is 0 Å². The number of nitrogens with zero attached hydrogens (tertiary/aromatic N) is 1. The zero-order valence-corrected chi connectivity index (χ0v) is 13.0. The van der Waals surface area contributed by atoms with Gasteiger partial charge in [0.1, 0.15) is 6.61 Å². The van der Waals surface area contributed by atoms with Crippen molar-refractivity contribution in [2.75, 3.05) is 19.7 Å². The van der Waals surface area contributed by atoms with Crippen LogP contribution in [0.25, 0.3) is 0 Å². The predicted octanol–water partition coefficient (Wildman–Crippen LogP) is 0.0822. The normalized spacial score (nSPS) is 19.1. The number of benzene rings is 1. The van der Waals surface area contributed by atoms with Crippen molar-refractivity contribution < 1.29 is 21.9 Å². The van der Waals surface area contributed by atoms with Crippen molar-refractivity contribution in [1.29, 1.82) is 0 Å². The molecule has 1 heterocycles. The molecule has 0 bridgehead atoms. The monoisotopic (exact) mass is 330 g/mol. The third kappa shape index (κ3) is 4.45. The number of hydrogen-bond donors (Lipinski definition) is 2. The summed E-state index contributed by atoms with van der Waals surface area (Å²) >= 11 is 4.98. The van der Waals surface area contributed by atoms with Gasteiger partial charge in [0, 0.05) is 0 Å². The second-order valence-electron chi connectivity index (χ2n) is 4.64. The summed E-state index contributed by atoms with van der Waals surface area (Å²) in [6, 6.07) is 5.35. The van der Waals surface area contributed by atoms with Gasteiger partial charge in [-0.15, -0.1) is 0 Å². The molecule has 1 aliphatic heterocycles. The van der Waals surface area contributed by atoms with Gasteiger partial charge in [-0.3, -0.25) is 0 Å². The molecular weight excluding hydrogens is 314 g/mol. The molecule has 2 amide bonds. The molecule has 0 aromatic heterocycles. The number of ether oxygens (including phenoxy) is 1. The third-order valence-electron chi connectivity index (χ3n) is 2.88. The summed E-state index contributed by atoms with van der Waals surface area (Å²) in [4.78, 5) is 11.8. The van der Waals surface area contributed by atoms with Crippen molar-refractivity contribution in [2.45, 2.75) is 18.0 Å². The number of rotatable bonds is 3. The summed E-state index contributed by atoms with van der Waals surface area (Å²) in [7, 11) is -3.90. The minimum absolute atomic E-state index is 0.0257. The molecule has 1 aromatic rings. The van der Waals surface area contributed by atoms with Gasteiger partial charge in [-0.2, -0.15) is 3.95 Å². The van der Waals surface area contributed by atoms with E-state index in [1.54, 1.807) is 16.1 Å². The van der Waals surface area contributed by atoms with Crippen LogP contribution in [0.1, 0.15) is 5.56 Å². The van der Waals surface area contributed by atoms with Crippen LogP contribution < -0.4 is 10.0 Å². The van der Waals surface area contributed by atoms with Gasteiger partial charge in [-0.05, 0) is 19.1 Å². The Bertz CT molecular complexity index is 643. The third-order valence-corrected chi connectivity index (χ3v) is 4.56. The van der Waals surface area contributed by atoms with E-state index < -0.39 is 22.3 Å². The molecule has 0 saturated carbocycles. The minimum atomic E-state index is -3.90. The SMILES string of the molecule is Cc1ccc(S(=O)(=O)NC(=O)NC2C[N+](=S)CCO2)cc1. The molecule has 1 fully saturated rings. The molecule has 21 heavy (non-hydrogen) atoms. The van der Waals surface area contributed by atoms with E-state index in [0.29, 0.717) is 19.7 Å². The number of morpholine rings is 1. The van der Waals surface area contributed by atoms with Crippen LogP contribution in [0.15, 0.2) is 29.2 Å². The first-order valence-electron chi connectivity index (χ1n) is 6.30. The molecule has 0 spiro atoms. The Morgan fingerprint density at radius 1 is 1.38 bits per heavy atom. The highest BCUT2D eigenvalue weighted by atomic mass is 32.2. The van der Waals surface area contributed by atoms with E-state index in [1.165, 1.54) is 12.1 Å². The number of carbonyl (C=O) groups is 1. The number of hydrogen-bond acceptors (Lipinski definition) is 5.